The van der Waals surface area contributed by atoms with E-state index in [1.165, 1.54) is 11.3 Å². The van der Waals surface area contributed by atoms with Crippen LogP contribution in [0.1, 0.15) is 32.1 Å². The number of thiazole rings is 1. The van der Waals surface area contributed by atoms with Crippen LogP contribution in [0.5, 0.6) is 0 Å². The van der Waals surface area contributed by atoms with Gasteiger partial charge in [-0.2, -0.15) is 0 Å². The Kier molecular flexibility index (Phi) is 8.74. The summed E-state index contributed by atoms with van der Waals surface area (Å²) in [5.74, 6) is 0.0594. The fraction of sp³-hybridized carbons (Fsp3) is 0.375. The number of benzene rings is 1. The summed E-state index contributed by atoms with van der Waals surface area (Å²) in [7, 11) is 0. The summed E-state index contributed by atoms with van der Waals surface area (Å²) >= 11 is 1.46. The van der Waals surface area contributed by atoms with Gasteiger partial charge in [-0.05, 0) is 19.4 Å². The third-order valence-electron chi connectivity index (χ3n) is 3.23. The minimum absolute atomic E-state index is 0. The zero-order valence-electron chi connectivity index (χ0n) is 12.5. The smallest absolute Gasteiger partial charge is 0.225 e. The minimum atomic E-state index is 0. The topological polar surface area (TPSA) is 68.0 Å². The van der Waals surface area contributed by atoms with Gasteiger partial charge in [-0.25, -0.2) is 4.98 Å². The van der Waals surface area contributed by atoms with E-state index in [0.717, 1.165) is 48.5 Å². The average Bonchev–Trinajstić information content (AvgIpc) is 2.96. The van der Waals surface area contributed by atoms with Crippen molar-refractivity contribution in [3.63, 3.8) is 0 Å². The standard InChI is InChI=1S/C16H21N3OS.ClH/c17-11-7-2-1-6-10-14(20)19-16-15(18-12-21-16)13-8-4-3-5-9-13;/h3-5,8-9,12H,1-2,6-7,10-11,17H2,(H,19,20);1H. The maximum atomic E-state index is 12.0. The molecule has 3 N–H and O–H groups in total. The van der Waals surface area contributed by atoms with Crippen LogP contribution in [-0.4, -0.2) is 17.4 Å². The van der Waals surface area contributed by atoms with Crippen molar-refractivity contribution in [2.75, 3.05) is 11.9 Å². The second-order valence-corrected chi connectivity index (χ2v) is 5.75. The first-order valence-electron chi connectivity index (χ1n) is 7.30. The number of halogens is 1. The van der Waals surface area contributed by atoms with Gasteiger partial charge in [0.1, 0.15) is 10.7 Å². The second-order valence-electron chi connectivity index (χ2n) is 4.90. The Labute approximate surface area is 141 Å². The number of hydrogen-bond donors (Lipinski definition) is 2. The van der Waals surface area contributed by atoms with Crippen LogP contribution >= 0.6 is 23.7 Å². The van der Waals surface area contributed by atoms with Gasteiger partial charge < -0.3 is 11.1 Å². The van der Waals surface area contributed by atoms with Crippen LogP contribution in [0.15, 0.2) is 35.8 Å². The van der Waals surface area contributed by atoms with E-state index in [2.05, 4.69) is 10.3 Å². The highest BCUT2D eigenvalue weighted by molar-refractivity contribution is 7.14. The Morgan fingerprint density at radius 1 is 1.14 bits per heavy atom. The summed E-state index contributed by atoms with van der Waals surface area (Å²) in [5, 5.41) is 3.80. The predicted octanol–water partition coefficient (Wildman–Crippen LogP) is 4.08. The van der Waals surface area contributed by atoms with Crippen molar-refractivity contribution in [3.8, 4) is 11.3 Å². The number of nitrogens with two attached hydrogens (primary N) is 1. The fourth-order valence-corrected chi connectivity index (χ4v) is 2.83. The van der Waals surface area contributed by atoms with Crippen molar-refractivity contribution in [2.45, 2.75) is 32.1 Å². The van der Waals surface area contributed by atoms with E-state index in [-0.39, 0.29) is 18.3 Å². The average molecular weight is 340 g/mol. The molecule has 1 aromatic carbocycles. The Morgan fingerprint density at radius 3 is 2.59 bits per heavy atom. The van der Waals surface area contributed by atoms with Gasteiger partial charge in [-0.15, -0.1) is 23.7 Å². The first-order chi connectivity index (χ1) is 10.3. The molecule has 0 atom stereocenters. The molecule has 0 bridgehead atoms. The molecule has 4 nitrogen and oxygen atoms in total. The van der Waals surface area contributed by atoms with E-state index in [9.17, 15) is 4.79 Å². The molecular weight excluding hydrogens is 318 g/mol. The fourth-order valence-electron chi connectivity index (χ4n) is 2.11. The van der Waals surface area contributed by atoms with Crippen LogP contribution in [0.4, 0.5) is 5.00 Å². The third-order valence-corrected chi connectivity index (χ3v) is 3.97. The summed E-state index contributed by atoms with van der Waals surface area (Å²) in [4.78, 5) is 16.3. The minimum Gasteiger partial charge on any atom is -0.330 e. The molecule has 0 radical (unpaired) electrons. The van der Waals surface area contributed by atoms with E-state index < -0.39 is 0 Å². The Bertz CT molecular complexity index is 560. The monoisotopic (exact) mass is 339 g/mol. The normalized spacial score (nSPS) is 10.0. The van der Waals surface area contributed by atoms with Crippen molar-refractivity contribution in [1.82, 2.24) is 4.98 Å². The van der Waals surface area contributed by atoms with Gasteiger partial charge in [-0.1, -0.05) is 43.2 Å². The van der Waals surface area contributed by atoms with Gasteiger partial charge in [0.2, 0.25) is 5.91 Å². The molecule has 2 aromatic rings. The van der Waals surface area contributed by atoms with E-state index in [4.69, 9.17) is 5.73 Å². The number of amides is 1. The molecule has 120 valence electrons. The molecule has 0 aliphatic heterocycles. The number of aromatic nitrogens is 1. The number of hydrogen-bond acceptors (Lipinski definition) is 4. The molecule has 0 spiro atoms. The van der Waals surface area contributed by atoms with Crippen molar-refractivity contribution in [2.24, 2.45) is 5.73 Å². The second kappa shape index (κ2) is 10.3. The van der Waals surface area contributed by atoms with E-state index in [1.54, 1.807) is 5.51 Å². The molecule has 0 aliphatic carbocycles. The molecule has 22 heavy (non-hydrogen) atoms. The van der Waals surface area contributed by atoms with Crippen LogP contribution in [-0.2, 0) is 4.79 Å². The number of anilines is 1. The highest BCUT2D eigenvalue weighted by Gasteiger charge is 2.11. The zero-order valence-corrected chi connectivity index (χ0v) is 14.1. The van der Waals surface area contributed by atoms with E-state index in [0.29, 0.717) is 6.42 Å². The highest BCUT2D eigenvalue weighted by atomic mass is 35.5. The lowest BCUT2D eigenvalue weighted by Gasteiger charge is -2.05. The number of carbonyl (C=O) groups is 1. The summed E-state index contributed by atoms with van der Waals surface area (Å²) in [6.07, 6.45) is 4.65. The maximum Gasteiger partial charge on any atom is 0.225 e. The summed E-state index contributed by atoms with van der Waals surface area (Å²) < 4.78 is 0. The van der Waals surface area contributed by atoms with Crippen molar-refractivity contribution < 1.29 is 4.79 Å². The number of nitrogens with zero attached hydrogens (tertiary/aromatic N) is 1. The van der Waals surface area contributed by atoms with Gasteiger partial charge >= 0.3 is 0 Å². The number of rotatable bonds is 8. The number of unbranched alkanes of at least 4 members (excludes halogenated alkanes) is 3. The molecule has 1 heterocycles. The van der Waals surface area contributed by atoms with Crippen LogP contribution < -0.4 is 11.1 Å². The first kappa shape index (κ1) is 18.6. The molecule has 0 unspecified atom stereocenters. The Balaban J connectivity index is 0.00000242. The SMILES string of the molecule is Cl.NCCCCCCC(=O)Nc1scnc1-c1ccccc1. The van der Waals surface area contributed by atoms with Gasteiger partial charge in [0, 0.05) is 12.0 Å². The molecule has 1 amide bonds. The van der Waals surface area contributed by atoms with Crippen LogP contribution in [0.3, 0.4) is 0 Å². The third kappa shape index (κ3) is 5.75. The summed E-state index contributed by atoms with van der Waals surface area (Å²) in [6.45, 7) is 0.730. The number of nitrogens with one attached hydrogen (secondary N) is 1. The summed E-state index contributed by atoms with van der Waals surface area (Å²) in [6, 6.07) is 9.90. The molecule has 0 saturated carbocycles. The lowest BCUT2D eigenvalue weighted by atomic mass is 10.1. The lowest BCUT2D eigenvalue weighted by Crippen LogP contribution is -2.10. The largest absolute Gasteiger partial charge is 0.330 e. The van der Waals surface area contributed by atoms with Crippen molar-refractivity contribution in [1.29, 1.82) is 0 Å². The molecule has 0 fully saturated rings. The maximum absolute atomic E-state index is 12.0. The van der Waals surface area contributed by atoms with Crippen molar-refractivity contribution >= 4 is 34.7 Å². The van der Waals surface area contributed by atoms with Crippen LogP contribution in [0.2, 0.25) is 0 Å². The zero-order chi connectivity index (χ0) is 14.9. The van der Waals surface area contributed by atoms with Gasteiger partial charge in [0.25, 0.3) is 0 Å². The van der Waals surface area contributed by atoms with Gasteiger partial charge in [0.15, 0.2) is 0 Å². The van der Waals surface area contributed by atoms with E-state index >= 15 is 0 Å². The first-order valence-corrected chi connectivity index (χ1v) is 8.18. The summed E-state index contributed by atoms with van der Waals surface area (Å²) in [5.41, 5.74) is 9.08. The molecular formula is C16H22ClN3OS. The molecule has 0 saturated heterocycles. The van der Waals surface area contributed by atoms with E-state index in [1.807, 2.05) is 30.3 Å². The lowest BCUT2D eigenvalue weighted by molar-refractivity contribution is -0.116. The molecule has 0 aliphatic rings. The van der Waals surface area contributed by atoms with Crippen LogP contribution in [0, 0.1) is 0 Å². The quantitative estimate of drug-likeness (QED) is 0.712. The number of carbonyl (C=O) groups excluding carboxylic acids is 1. The Morgan fingerprint density at radius 2 is 1.86 bits per heavy atom. The van der Waals surface area contributed by atoms with Gasteiger partial charge in [0.05, 0.1) is 5.51 Å². The predicted molar refractivity (Wildman–Crippen MR) is 95.6 cm³/mol. The molecule has 1 aromatic heterocycles. The highest BCUT2D eigenvalue weighted by Crippen LogP contribution is 2.30. The molecule has 6 heteroatoms. The Hall–Kier alpha value is -1.43. The van der Waals surface area contributed by atoms with Crippen LogP contribution in [0.25, 0.3) is 11.3 Å². The van der Waals surface area contributed by atoms with Gasteiger partial charge in [-0.3, -0.25) is 4.79 Å². The van der Waals surface area contributed by atoms with Crippen molar-refractivity contribution in [3.05, 3.63) is 35.8 Å². The molecule has 2 rings (SSSR count).